The van der Waals surface area contributed by atoms with Crippen LogP contribution >= 0.6 is 67.8 Å². The van der Waals surface area contributed by atoms with Crippen molar-refractivity contribution in [3.05, 3.63) is 16.3 Å². The number of rotatable bonds is 9. The van der Waals surface area contributed by atoms with E-state index in [0.717, 1.165) is 0 Å². The van der Waals surface area contributed by atoms with Gasteiger partial charge in [-0.3, -0.25) is 9.59 Å². The van der Waals surface area contributed by atoms with E-state index in [2.05, 4.69) is 10.6 Å². The Hall–Kier alpha value is 0.840. The number of halogens is 3. The number of aliphatic hydroxyl groups is 5. The van der Waals surface area contributed by atoms with Crippen molar-refractivity contribution in [2.24, 2.45) is 0 Å². The van der Waals surface area contributed by atoms with Crippen LogP contribution in [-0.4, -0.2) is 138 Å². The van der Waals surface area contributed by atoms with Gasteiger partial charge in [-0.15, -0.1) is 0 Å². The standard InChI is InChI=1S/C12H11I3N2O4.C7H17NO5.Ca.2H/c1-4(18)16-10-7(13)6(12(20)21)8(14)11(9(10)15)17(3)5(2)19;1-8-2-4(10)6(12)7(13)5(11)3-9;;;/h1-3H3,(H,16,18)(H,20,21);4-13H,2-3H2,1H3;;;/t;4-,5+,6+,7+;;;/m.0.../s1. The van der Waals surface area contributed by atoms with Crippen LogP contribution in [-0.2, 0) is 9.59 Å². The fourth-order valence-electron chi connectivity index (χ4n) is 2.47. The van der Waals surface area contributed by atoms with Crippen molar-refractivity contribution in [3.8, 4) is 0 Å². The molecule has 2 amide bonds. The number of aliphatic hydroxyl groups excluding tert-OH is 5. The average Bonchev–Trinajstić information content (AvgIpc) is 2.75. The molecule has 1 aromatic carbocycles. The quantitative estimate of drug-likeness (QED) is 0.111. The van der Waals surface area contributed by atoms with Gasteiger partial charge in [-0.1, -0.05) is 0 Å². The third-order valence-electron chi connectivity index (χ3n) is 4.36. The zero-order chi connectivity index (χ0) is 26.9. The van der Waals surface area contributed by atoms with Gasteiger partial charge in [0.2, 0.25) is 11.8 Å². The number of likely N-dealkylation sites (N-methyl/N-ethyl adjacent to an activating group) is 1. The molecule has 16 heteroatoms. The minimum atomic E-state index is -1.55. The van der Waals surface area contributed by atoms with Crippen LogP contribution in [0.5, 0.6) is 0 Å². The molecule has 198 valence electrons. The molecular formula is C19H30CaI3N3O9. The third kappa shape index (κ3) is 11.2. The van der Waals surface area contributed by atoms with Gasteiger partial charge in [0.25, 0.3) is 0 Å². The molecular weight excluding hydrogens is 835 g/mol. The minimum absolute atomic E-state index is 0. The van der Waals surface area contributed by atoms with Crippen molar-refractivity contribution < 1.29 is 45.0 Å². The zero-order valence-corrected chi connectivity index (χ0v) is 25.2. The molecule has 0 radical (unpaired) electrons. The summed E-state index contributed by atoms with van der Waals surface area (Å²) >= 11 is 5.80. The van der Waals surface area contributed by atoms with Gasteiger partial charge in [-0.05, 0) is 74.8 Å². The van der Waals surface area contributed by atoms with Crippen molar-refractivity contribution in [2.45, 2.75) is 38.3 Å². The first-order chi connectivity index (χ1) is 15.6. The molecule has 0 aliphatic heterocycles. The number of nitrogens with one attached hydrogen (secondary N) is 2. The van der Waals surface area contributed by atoms with Crippen LogP contribution in [0.25, 0.3) is 0 Å². The Morgan fingerprint density at radius 1 is 0.943 bits per heavy atom. The summed E-state index contributed by atoms with van der Waals surface area (Å²) in [5, 5.41) is 59.5. The van der Waals surface area contributed by atoms with Crippen molar-refractivity contribution in [2.75, 3.05) is 37.5 Å². The van der Waals surface area contributed by atoms with Gasteiger partial charge in [0.15, 0.2) is 0 Å². The van der Waals surface area contributed by atoms with Crippen LogP contribution in [0, 0.1) is 10.7 Å². The molecule has 35 heavy (non-hydrogen) atoms. The molecule has 1 rings (SSSR count). The van der Waals surface area contributed by atoms with Crippen LogP contribution in [0.15, 0.2) is 0 Å². The molecule has 0 aliphatic carbocycles. The van der Waals surface area contributed by atoms with Gasteiger partial charge < -0.3 is 46.2 Å². The summed E-state index contributed by atoms with van der Waals surface area (Å²) in [7, 11) is 3.14. The molecule has 0 unspecified atom stereocenters. The van der Waals surface area contributed by atoms with E-state index in [0.29, 0.717) is 22.1 Å². The molecule has 0 fully saturated rings. The number of hydrogen-bond donors (Lipinski definition) is 8. The summed E-state index contributed by atoms with van der Waals surface area (Å²) in [4.78, 5) is 35.9. The molecule has 0 bridgehead atoms. The number of hydrogen-bond acceptors (Lipinski definition) is 9. The molecule has 0 heterocycles. The Labute approximate surface area is 273 Å². The number of aromatic carboxylic acids is 1. The molecule has 4 atom stereocenters. The second-order valence-electron chi connectivity index (χ2n) is 6.96. The molecule has 12 nitrogen and oxygen atoms in total. The summed E-state index contributed by atoms with van der Waals surface area (Å²) in [6.07, 6.45) is -5.65. The summed E-state index contributed by atoms with van der Waals surface area (Å²) in [5.41, 5.74) is 0.957. The molecule has 0 saturated heterocycles. The van der Waals surface area contributed by atoms with Crippen LogP contribution in [0.3, 0.4) is 0 Å². The molecule has 8 N–H and O–H groups in total. The monoisotopic (exact) mass is 865 g/mol. The second kappa shape index (κ2) is 18.2. The van der Waals surface area contributed by atoms with Gasteiger partial charge in [0, 0.05) is 27.4 Å². The SMILES string of the molecule is CC(=O)Nc1c(I)c(C(=O)O)c(I)c(N(C)C(C)=O)c1I.CNC[C@H](O)[C@@H](O)[C@H](O)[C@H](O)CO.[CaH2]. The van der Waals surface area contributed by atoms with Gasteiger partial charge in [0.1, 0.15) is 18.3 Å². The number of carboxylic acids is 1. The summed E-state index contributed by atoms with van der Waals surface area (Å²) in [5.74, 6) is -1.64. The molecule has 0 saturated carbocycles. The molecule has 1 aromatic rings. The van der Waals surface area contributed by atoms with E-state index in [1.54, 1.807) is 14.1 Å². The molecule has 0 spiro atoms. The Morgan fingerprint density at radius 2 is 1.43 bits per heavy atom. The Kier molecular flexibility index (Phi) is 19.7. The number of anilines is 2. The average molecular weight is 865 g/mol. The van der Waals surface area contributed by atoms with Crippen molar-refractivity contribution in [1.82, 2.24) is 5.32 Å². The normalized spacial score (nSPS) is 13.8. The van der Waals surface area contributed by atoms with E-state index in [4.69, 9.17) is 20.4 Å². The maximum atomic E-state index is 11.6. The third-order valence-corrected chi connectivity index (χ3v) is 7.53. The van der Waals surface area contributed by atoms with E-state index in [-0.39, 0.29) is 61.7 Å². The topological polar surface area (TPSA) is 200 Å². The molecule has 0 aromatic heterocycles. The second-order valence-corrected chi connectivity index (χ2v) is 10.2. The van der Waals surface area contributed by atoms with Crippen molar-refractivity contribution in [3.63, 3.8) is 0 Å². The number of carboxylic acid groups (broad SMARTS) is 1. The fraction of sp³-hybridized carbons (Fsp3) is 0.526. The van der Waals surface area contributed by atoms with Crippen molar-refractivity contribution in [1.29, 1.82) is 0 Å². The maximum absolute atomic E-state index is 11.6. The van der Waals surface area contributed by atoms with E-state index in [1.807, 2.05) is 67.8 Å². The Balaban J connectivity index is 0. The van der Waals surface area contributed by atoms with E-state index < -0.39 is 37.0 Å². The number of carbonyl (C=O) groups is 3. The number of amides is 2. The number of benzene rings is 1. The molecule has 0 aliphatic rings. The van der Waals surface area contributed by atoms with Crippen LogP contribution in [0.2, 0.25) is 0 Å². The van der Waals surface area contributed by atoms with Gasteiger partial charge >= 0.3 is 43.7 Å². The predicted octanol–water partition coefficient (Wildman–Crippen LogP) is -1.13. The number of carbonyl (C=O) groups excluding carboxylic acids is 2. The summed E-state index contributed by atoms with van der Waals surface area (Å²) in [6.45, 7) is 2.17. The Bertz CT molecular complexity index is 895. The van der Waals surface area contributed by atoms with Gasteiger partial charge in [0.05, 0.1) is 40.4 Å². The van der Waals surface area contributed by atoms with Gasteiger partial charge in [-0.25, -0.2) is 4.79 Å². The fourth-order valence-corrected chi connectivity index (χ4v) is 7.09. The predicted molar refractivity (Wildman–Crippen MR) is 159 cm³/mol. The van der Waals surface area contributed by atoms with Crippen LogP contribution in [0.1, 0.15) is 24.2 Å². The first kappa shape index (κ1) is 38.0. The van der Waals surface area contributed by atoms with Gasteiger partial charge in [-0.2, -0.15) is 0 Å². The van der Waals surface area contributed by atoms with E-state index in [1.165, 1.54) is 18.7 Å². The van der Waals surface area contributed by atoms with Crippen LogP contribution < -0.4 is 15.5 Å². The van der Waals surface area contributed by atoms with E-state index >= 15 is 0 Å². The first-order valence-electron chi connectivity index (χ1n) is 9.57. The van der Waals surface area contributed by atoms with Crippen LogP contribution in [0.4, 0.5) is 11.4 Å². The summed E-state index contributed by atoms with van der Waals surface area (Å²) in [6, 6.07) is 0. The summed E-state index contributed by atoms with van der Waals surface area (Å²) < 4.78 is 1.52. The Morgan fingerprint density at radius 3 is 1.80 bits per heavy atom. The first-order valence-corrected chi connectivity index (χ1v) is 12.8. The van der Waals surface area contributed by atoms with E-state index in [9.17, 15) is 24.6 Å². The number of nitrogens with zero attached hydrogens (tertiary/aromatic N) is 1. The zero-order valence-electron chi connectivity index (χ0n) is 18.7. The van der Waals surface area contributed by atoms with Crippen molar-refractivity contribution >= 4 is 135 Å².